The van der Waals surface area contributed by atoms with Crippen molar-refractivity contribution in [3.63, 3.8) is 0 Å². The first-order valence-electron chi connectivity index (χ1n) is 13.3. The maximum Gasteiger partial charge on any atom is 0.182 e. The zero-order chi connectivity index (χ0) is 26.4. The van der Waals surface area contributed by atoms with Gasteiger partial charge in [0.1, 0.15) is 0 Å². The fourth-order valence-corrected chi connectivity index (χ4v) is 7.08. The molecule has 0 radical (unpaired) electrons. The molecule has 5 heteroatoms. The van der Waals surface area contributed by atoms with Crippen molar-refractivity contribution in [3.05, 3.63) is 52.1 Å². The third-order valence-electron chi connectivity index (χ3n) is 8.96. The molecule has 1 N–H and O–H groups in total. The zero-order valence-corrected chi connectivity index (χ0v) is 22.2. The van der Waals surface area contributed by atoms with Gasteiger partial charge in [0.15, 0.2) is 17.4 Å². The Balaban J connectivity index is 0.000000556. The Hall–Kier alpha value is -2.45. The van der Waals surface area contributed by atoms with E-state index in [2.05, 4.69) is 12.8 Å². The number of hydrogen-bond acceptors (Lipinski definition) is 3. The number of carbonyl (C=O) groups is 1. The number of ketones is 1. The third kappa shape index (κ3) is 4.54. The average molecular weight is 496 g/mol. The molecule has 0 bridgehead atoms. The lowest BCUT2D eigenvalue weighted by molar-refractivity contribution is -0.114. The predicted molar refractivity (Wildman–Crippen MR) is 141 cm³/mol. The van der Waals surface area contributed by atoms with Gasteiger partial charge in [-0.2, -0.15) is 0 Å². The normalized spacial score (nSPS) is 31.0. The highest BCUT2D eigenvalue weighted by Gasteiger charge is 2.56. The van der Waals surface area contributed by atoms with Crippen molar-refractivity contribution in [2.45, 2.75) is 77.7 Å². The van der Waals surface area contributed by atoms with Gasteiger partial charge in [0.05, 0.1) is 11.8 Å². The molecule has 194 valence electrons. The summed E-state index contributed by atoms with van der Waals surface area (Å²) in [6, 6.07) is 3.40. The molecule has 0 saturated heterocycles. The zero-order valence-electron chi connectivity index (χ0n) is 22.2. The molecular formula is C31H39F2NO2. The van der Waals surface area contributed by atoms with Crippen molar-refractivity contribution in [3.8, 4) is 12.3 Å². The molecule has 36 heavy (non-hydrogen) atoms. The monoisotopic (exact) mass is 495 g/mol. The van der Waals surface area contributed by atoms with E-state index in [1.807, 2.05) is 13.8 Å². The van der Waals surface area contributed by atoms with Gasteiger partial charge in [0, 0.05) is 32.4 Å². The van der Waals surface area contributed by atoms with Gasteiger partial charge in [-0.25, -0.2) is 8.78 Å². The van der Waals surface area contributed by atoms with E-state index in [9.17, 15) is 14.3 Å². The second kappa shape index (κ2) is 10.1. The molecule has 2 saturated carbocycles. The Morgan fingerprint density at radius 2 is 1.81 bits per heavy atom. The van der Waals surface area contributed by atoms with Crippen LogP contribution in [0.4, 0.5) is 14.5 Å². The van der Waals surface area contributed by atoms with Crippen LogP contribution in [0.3, 0.4) is 0 Å². The van der Waals surface area contributed by atoms with Crippen LogP contribution in [0.5, 0.6) is 0 Å². The van der Waals surface area contributed by atoms with Gasteiger partial charge in [-0.05, 0) is 84.6 Å². The molecule has 0 spiro atoms. The Morgan fingerprint density at radius 1 is 1.11 bits per heavy atom. The van der Waals surface area contributed by atoms with Crippen molar-refractivity contribution in [2.24, 2.45) is 23.2 Å². The number of halogens is 2. The summed E-state index contributed by atoms with van der Waals surface area (Å²) in [5.74, 6) is 1.87. The number of benzene rings is 1. The van der Waals surface area contributed by atoms with Crippen molar-refractivity contribution in [2.75, 3.05) is 19.0 Å². The number of nitrogens with zero attached hydrogens (tertiary/aromatic N) is 1. The molecule has 4 aliphatic rings. The summed E-state index contributed by atoms with van der Waals surface area (Å²) in [6.45, 7) is 6.11. The highest BCUT2D eigenvalue weighted by Crippen LogP contribution is 2.64. The summed E-state index contributed by atoms with van der Waals surface area (Å²) in [5.41, 5.74) is 3.86. The molecule has 1 aromatic carbocycles. The Bertz CT molecular complexity index is 1140. The van der Waals surface area contributed by atoms with Crippen molar-refractivity contribution < 1.29 is 18.7 Å². The molecule has 5 atom stereocenters. The first-order chi connectivity index (χ1) is 17.0. The highest BCUT2D eigenvalue weighted by atomic mass is 19.2. The van der Waals surface area contributed by atoms with Crippen LogP contribution in [0.1, 0.15) is 77.2 Å². The van der Waals surface area contributed by atoms with Crippen molar-refractivity contribution in [1.82, 2.24) is 0 Å². The maximum absolute atomic E-state index is 15.5. The van der Waals surface area contributed by atoms with E-state index in [4.69, 9.17) is 6.42 Å². The molecule has 0 aromatic heterocycles. The lowest BCUT2D eigenvalue weighted by atomic mass is 9.53. The van der Waals surface area contributed by atoms with Gasteiger partial charge >= 0.3 is 0 Å². The molecule has 0 aliphatic heterocycles. The molecule has 5 unspecified atom stereocenters. The largest absolute Gasteiger partial charge is 0.393 e. The van der Waals surface area contributed by atoms with Gasteiger partial charge in [0.25, 0.3) is 0 Å². The number of fused-ring (bicyclic) bond motifs is 4. The second-order valence-electron chi connectivity index (χ2n) is 11.7. The molecule has 0 heterocycles. The first kappa shape index (κ1) is 26.6. The minimum atomic E-state index is -0.811. The number of aliphatic hydroxyl groups excluding tert-OH is 1. The van der Waals surface area contributed by atoms with Crippen molar-refractivity contribution in [1.29, 1.82) is 0 Å². The lowest BCUT2D eigenvalue weighted by Gasteiger charge is -2.52. The van der Waals surface area contributed by atoms with Crippen molar-refractivity contribution >= 4 is 11.5 Å². The van der Waals surface area contributed by atoms with E-state index in [1.54, 1.807) is 37.2 Å². The first-order valence-corrected chi connectivity index (χ1v) is 13.3. The van der Waals surface area contributed by atoms with Crippen LogP contribution >= 0.6 is 0 Å². The number of rotatable bonds is 2. The fraction of sp³-hybridized carbons (Fsp3) is 0.581. The summed E-state index contributed by atoms with van der Waals surface area (Å²) >= 11 is 0. The van der Waals surface area contributed by atoms with Gasteiger partial charge in [-0.15, -0.1) is 12.3 Å². The van der Waals surface area contributed by atoms with Crippen LogP contribution in [0.15, 0.2) is 34.9 Å². The summed E-state index contributed by atoms with van der Waals surface area (Å²) in [4.78, 5) is 13.6. The number of hydrogen-bond donors (Lipinski definition) is 1. The van der Waals surface area contributed by atoms with E-state index < -0.39 is 17.7 Å². The van der Waals surface area contributed by atoms with E-state index in [0.29, 0.717) is 36.7 Å². The van der Waals surface area contributed by atoms with E-state index >= 15 is 4.39 Å². The Morgan fingerprint density at radius 3 is 2.44 bits per heavy atom. The molecule has 4 aliphatic carbocycles. The maximum atomic E-state index is 15.5. The molecule has 0 amide bonds. The van der Waals surface area contributed by atoms with Gasteiger partial charge in [-0.1, -0.05) is 32.4 Å². The molecule has 3 nitrogen and oxygen atoms in total. The molecular weight excluding hydrogens is 456 g/mol. The number of carbonyl (C=O) groups excluding carboxylic acids is 1. The molecule has 5 rings (SSSR count). The van der Waals surface area contributed by atoms with Gasteiger partial charge in [0.2, 0.25) is 0 Å². The van der Waals surface area contributed by atoms with E-state index in [1.165, 1.54) is 11.1 Å². The third-order valence-corrected chi connectivity index (χ3v) is 8.96. The topological polar surface area (TPSA) is 40.5 Å². The van der Waals surface area contributed by atoms with Crippen LogP contribution in [0, 0.1) is 47.1 Å². The van der Waals surface area contributed by atoms with Crippen LogP contribution in [-0.4, -0.2) is 31.1 Å². The summed E-state index contributed by atoms with van der Waals surface area (Å²) in [5, 5.41) is 10.9. The van der Waals surface area contributed by atoms with Gasteiger partial charge < -0.3 is 10.0 Å². The second-order valence-corrected chi connectivity index (χ2v) is 11.7. The number of aliphatic hydroxyl groups is 1. The summed E-state index contributed by atoms with van der Waals surface area (Å²) < 4.78 is 30.4. The van der Waals surface area contributed by atoms with Crippen LogP contribution in [0.2, 0.25) is 0 Å². The van der Waals surface area contributed by atoms with E-state index in [0.717, 1.165) is 31.3 Å². The Labute approximate surface area is 214 Å². The van der Waals surface area contributed by atoms with Crippen LogP contribution in [0.25, 0.3) is 0 Å². The quantitative estimate of drug-likeness (QED) is 0.472. The predicted octanol–water partition coefficient (Wildman–Crippen LogP) is 6.57. The van der Waals surface area contributed by atoms with Crippen LogP contribution < -0.4 is 4.90 Å². The number of terminal acetylenes is 1. The van der Waals surface area contributed by atoms with Crippen LogP contribution in [-0.2, 0) is 4.79 Å². The molecule has 2 fully saturated rings. The van der Waals surface area contributed by atoms with E-state index in [-0.39, 0.29) is 28.7 Å². The SMILES string of the molecule is C#CC(C)C.CN(C)c1ccc(C2CC3(C)C(O)CCC3C3CCC4=CC(=O)CCC4=C23)c(F)c1F. The summed E-state index contributed by atoms with van der Waals surface area (Å²) in [7, 11) is 3.41. The standard InChI is InChI=1S/C26H31F2NO2.C5H8/c1-26-13-19(17-8-10-21(29(2)3)25(28)24(17)27)23-16-7-5-15(30)12-14(16)4-6-18(23)20(26)9-11-22(26)31;1-4-5(2)3/h8,10,12,18-20,22,31H,4-7,9,11,13H2,1-3H3;1,5H,2-3H3. The Kier molecular flexibility index (Phi) is 7.49. The minimum absolute atomic E-state index is 0.166. The lowest BCUT2D eigenvalue weighted by Crippen LogP contribution is -2.45. The number of allylic oxidation sites excluding steroid dienone is 4. The number of anilines is 1. The average Bonchev–Trinajstić information content (AvgIpc) is 3.14. The summed E-state index contributed by atoms with van der Waals surface area (Å²) in [6.07, 6.45) is 11.6. The smallest absolute Gasteiger partial charge is 0.182 e. The minimum Gasteiger partial charge on any atom is -0.393 e. The van der Waals surface area contributed by atoms with Gasteiger partial charge in [-0.3, -0.25) is 4.79 Å². The fourth-order valence-electron chi connectivity index (χ4n) is 7.08. The highest BCUT2D eigenvalue weighted by molar-refractivity contribution is 5.93. The molecule has 1 aromatic rings.